The van der Waals surface area contributed by atoms with Crippen LogP contribution in [0.1, 0.15) is 0 Å². The third kappa shape index (κ3) is 6.04. The Bertz CT molecular complexity index is 3300. The summed E-state index contributed by atoms with van der Waals surface area (Å²) in [5.74, 6) is 1.68. The smallest absolute Gasteiger partial charge is 0.248 e. The normalized spacial score (nSPS) is 11.5. The van der Waals surface area contributed by atoms with Gasteiger partial charge in [0.25, 0.3) is 0 Å². The van der Waals surface area contributed by atoms with Gasteiger partial charge in [0.15, 0.2) is 0 Å². The van der Waals surface area contributed by atoms with E-state index in [0.717, 1.165) is 77.2 Å². The molecule has 2 aromatic heterocycles. The SMILES string of the molecule is c1ccc(-c2nnc(-c3cc(-c4c5ccccc5cc5ccccc45)ccc3-c3ccc(-c4c5ccccc5cc5ccccc45)cc3-c3nnc(-c4ccccc4)o3)o2)cc1. The van der Waals surface area contributed by atoms with Crippen LogP contribution in [0.25, 0.3) is 122 Å². The molecule has 0 unspecified atom stereocenters. The van der Waals surface area contributed by atoms with Crippen LogP contribution in [0, 0.1) is 0 Å². The highest BCUT2D eigenvalue weighted by molar-refractivity contribution is 6.14. The Hall–Kier alpha value is -8.48. The molecule has 0 aliphatic heterocycles. The van der Waals surface area contributed by atoms with Crippen molar-refractivity contribution in [3.63, 3.8) is 0 Å². The van der Waals surface area contributed by atoms with Crippen LogP contribution in [0.15, 0.2) is 215 Å². The Kier molecular flexibility index (Phi) is 8.38. The molecule has 0 aliphatic rings. The minimum atomic E-state index is 0.399. The summed E-state index contributed by atoms with van der Waals surface area (Å²) in [5, 5.41) is 27.9. The largest absolute Gasteiger partial charge is 0.416 e. The van der Waals surface area contributed by atoms with Gasteiger partial charge in [-0.05, 0) is 125 Å². The number of hydrogen-bond acceptors (Lipinski definition) is 6. The predicted octanol–water partition coefficient (Wildman–Crippen LogP) is 14.7. The lowest BCUT2D eigenvalue weighted by Crippen LogP contribution is -1.94. The van der Waals surface area contributed by atoms with E-state index in [1.54, 1.807) is 0 Å². The van der Waals surface area contributed by atoms with Gasteiger partial charge in [0.2, 0.25) is 23.6 Å². The first kappa shape index (κ1) is 35.5. The maximum atomic E-state index is 6.61. The number of aromatic nitrogens is 4. The minimum Gasteiger partial charge on any atom is -0.416 e. The van der Waals surface area contributed by atoms with E-state index in [-0.39, 0.29) is 0 Å². The zero-order valence-electron chi connectivity index (χ0n) is 33.2. The predicted molar refractivity (Wildman–Crippen MR) is 250 cm³/mol. The molecular formula is C56H34N4O2. The fraction of sp³-hybridized carbons (Fsp3) is 0. The molecule has 0 radical (unpaired) electrons. The summed E-state index contributed by atoms with van der Waals surface area (Å²) in [7, 11) is 0. The molecule has 0 N–H and O–H groups in total. The van der Waals surface area contributed by atoms with Gasteiger partial charge in [-0.15, -0.1) is 20.4 Å². The molecule has 0 fully saturated rings. The Balaban J connectivity index is 1.13. The van der Waals surface area contributed by atoms with Gasteiger partial charge in [-0.25, -0.2) is 0 Å². The third-order valence-corrected chi connectivity index (χ3v) is 11.8. The number of hydrogen-bond donors (Lipinski definition) is 0. The molecule has 0 saturated heterocycles. The average Bonchev–Trinajstić information content (AvgIpc) is 4.05. The topological polar surface area (TPSA) is 77.8 Å². The Morgan fingerprint density at radius 2 is 0.565 bits per heavy atom. The molecule has 0 atom stereocenters. The molecule has 2 heterocycles. The van der Waals surface area contributed by atoms with Crippen molar-refractivity contribution in [3.8, 4) is 79.2 Å². The van der Waals surface area contributed by atoms with E-state index in [1.165, 1.54) is 21.5 Å². The van der Waals surface area contributed by atoms with Gasteiger partial charge in [-0.3, -0.25) is 0 Å². The number of nitrogens with zero attached hydrogens (tertiary/aromatic N) is 4. The maximum Gasteiger partial charge on any atom is 0.248 e. The number of benzene rings is 10. The van der Waals surface area contributed by atoms with E-state index in [0.29, 0.717) is 23.6 Å². The first-order valence-corrected chi connectivity index (χ1v) is 20.6. The van der Waals surface area contributed by atoms with Gasteiger partial charge in [0.05, 0.1) is 0 Å². The highest BCUT2D eigenvalue weighted by Crippen LogP contribution is 2.46. The molecule has 0 spiro atoms. The summed E-state index contributed by atoms with van der Waals surface area (Å²) in [6.45, 7) is 0. The lowest BCUT2D eigenvalue weighted by molar-refractivity contribution is 0.583. The Morgan fingerprint density at radius 3 is 0.935 bits per heavy atom. The van der Waals surface area contributed by atoms with E-state index in [4.69, 9.17) is 19.0 Å². The highest BCUT2D eigenvalue weighted by Gasteiger charge is 2.24. The Morgan fingerprint density at radius 1 is 0.242 bits per heavy atom. The summed E-state index contributed by atoms with van der Waals surface area (Å²) >= 11 is 0. The van der Waals surface area contributed by atoms with Crippen molar-refractivity contribution < 1.29 is 8.83 Å². The van der Waals surface area contributed by atoms with Gasteiger partial charge in [0, 0.05) is 22.3 Å². The first-order chi connectivity index (χ1) is 30.7. The van der Waals surface area contributed by atoms with Crippen molar-refractivity contribution in [2.24, 2.45) is 0 Å². The fourth-order valence-electron chi connectivity index (χ4n) is 8.93. The van der Waals surface area contributed by atoms with Gasteiger partial charge >= 0.3 is 0 Å². The second-order valence-electron chi connectivity index (χ2n) is 15.5. The van der Waals surface area contributed by atoms with Gasteiger partial charge in [-0.1, -0.05) is 158 Å². The summed E-state index contributed by atoms with van der Waals surface area (Å²) in [6, 6.07) is 71.6. The molecule has 290 valence electrons. The van der Waals surface area contributed by atoms with E-state index >= 15 is 0 Å². The van der Waals surface area contributed by atoms with Gasteiger partial charge in [0.1, 0.15) is 0 Å². The molecule has 10 aromatic carbocycles. The second kappa shape index (κ2) is 14.7. The quantitative estimate of drug-likeness (QED) is 0.150. The average molecular weight is 795 g/mol. The molecular weight excluding hydrogens is 761 g/mol. The standard InChI is InChI=1S/C56H34N4O2/c1-3-15-35(16-4-1)53-57-59-55(61-53)49-33-41(51-43-23-11-7-19-37(43)31-38-20-8-12-24-44(38)51)27-29-47(49)48-30-28-42(34-50(48)56-60-58-54(62-56)36-17-5-2-6-18-36)52-45-25-13-9-21-39(45)32-40-22-10-14-26-46(40)52/h1-34H. The van der Waals surface area contributed by atoms with E-state index in [9.17, 15) is 0 Å². The van der Waals surface area contributed by atoms with Crippen molar-refractivity contribution in [3.05, 3.63) is 206 Å². The zero-order chi connectivity index (χ0) is 41.0. The molecule has 0 amide bonds. The summed E-state index contributed by atoms with van der Waals surface area (Å²) in [6.07, 6.45) is 0. The number of fused-ring (bicyclic) bond motifs is 4. The molecule has 0 aliphatic carbocycles. The van der Waals surface area contributed by atoms with E-state index in [1.807, 2.05) is 60.7 Å². The van der Waals surface area contributed by atoms with Crippen LogP contribution in [0.5, 0.6) is 0 Å². The first-order valence-electron chi connectivity index (χ1n) is 20.6. The van der Waals surface area contributed by atoms with E-state index in [2.05, 4.69) is 156 Å². The number of rotatable bonds is 7. The summed E-state index contributed by atoms with van der Waals surface area (Å²) in [5.41, 5.74) is 9.33. The van der Waals surface area contributed by atoms with Crippen molar-refractivity contribution in [1.29, 1.82) is 0 Å². The molecule has 12 rings (SSSR count). The van der Waals surface area contributed by atoms with Crippen molar-refractivity contribution in [2.75, 3.05) is 0 Å². The van der Waals surface area contributed by atoms with Crippen LogP contribution in [0.2, 0.25) is 0 Å². The lowest BCUT2D eigenvalue weighted by atomic mass is 9.86. The highest BCUT2D eigenvalue weighted by atomic mass is 16.4. The minimum absolute atomic E-state index is 0.399. The van der Waals surface area contributed by atoms with Crippen LogP contribution in [0.4, 0.5) is 0 Å². The second-order valence-corrected chi connectivity index (χ2v) is 15.5. The van der Waals surface area contributed by atoms with Crippen LogP contribution in [-0.2, 0) is 0 Å². The molecule has 12 aromatic rings. The fourth-order valence-corrected chi connectivity index (χ4v) is 8.93. The molecule has 62 heavy (non-hydrogen) atoms. The summed E-state index contributed by atoms with van der Waals surface area (Å²) < 4.78 is 13.2. The summed E-state index contributed by atoms with van der Waals surface area (Å²) in [4.78, 5) is 0. The zero-order valence-corrected chi connectivity index (χ0v) is 33.2. The van der Waals surface area contributed by atoms with Crippen molar-refractivity contribution in [2.45, 2.75) is 0 Å². The Labute approximate surface area is 356 Å². The van der Waals surface area contributed by atoms with Crippen LogP contribution in [-0.4, -0.2) is 20.4 Å². The molecule has 6 nitrogen and oxygen atoms in total. The van der Waals surface area contributed by atoms with Gasteiger partial charge < -0.3 is 8.83 Å². The van der Waals surface area contributed by atoms with Crippen LogP contribution in [0.3, 0.4) is 0 Å². The molecule has 0 bridgehead atoms. The van der Waals surface area contributed by atoms with Crippen LogP contribution >= 0.6 is 0 Å². The van der Waals surface area contributed by atoms with E-state index < -0.39 is 0 Å². The third-order valence-electron chi connectivity index (χ3n) is 11.8. The molecule has 0 saturated carbocycles. The van der Waals surface area contributed by atoms with Crippen LogP contribution < -0.4 is 0 Å². The van der Waals surface area contributed by atoms with Crippen molar-refractivity contribution >= 4 is 43.1 Å². The maximum absolute atomic E-state index is 6.61. The lowest BCUT2D eigenvalue weighted by Gasteiger charge is -2.17. The van der Waals surface area contributed by atoms with Crippen molar-refractivity contribution in [1.82, 2.24) is 20.4 Å². The monoisotopic (exact) mass is 794 g/mol. The molecule has 6 heteroatoms. The van der Waals surface area contributed by atoms with Gasteiger partial charge in [-0.2, -0.15) is 0 Å².